The smallest absolute Gasteiger partial charge is 0.229 e. The van der Waals surface area contributed by atoms with E-state index >= 15 is 0 Å². The van der Waals surface area contributed by atoms with E-state index < -0.39 is 6.10 Å². The van der Waals surface area contributed by atoms with Crippen LogP contribution in [0, 0.1) is 0 Å². The molecule has 1 aromatic carbocycles. The van der Waals surface area contributed by atoms with E-state index in [2.05, 4.69) is 10.1 Å². The summed E-state index contributed by atoms with van der Waals surface area (Å²) in [5, 5.41) is 13.4. The highest BCUT2D eigenvalue weighted by Crippen LogP contribution is 2.24. The molecule has 1 heterocycles. The van der Waals surface area contributed by atoms with Crippen LogP contribution in [0.15, 0.2) is 33.7 Å². The SMILES string of the molecule is CC(C)c1nc(CSc2ccc(C(C)O)cc2)no1. The predicted octanol–water partition coefficient (Wildman–Crippen LogP) is 3.54. The molecule has 0 aliphatic rings. The Bertz CT molecular complexity index is 520. The van der Waals surface area contributed by atoms with E-state index in [1.54, 1.807) is 18.7 Å². The highest BCUT2D eigenvalue weighted by Gasteiger charge is 2.10. The lowest BCUT2D eigenvalue weighted by molar-refractivity contribution is 0.199. The molecule has 0 radical (unpaired) electrons. The second-order valence-electron chi connectivity index (χ2n) is 4.74. The molecule has 0 aliphatic heterocycles. The predicted molar refractivity (Wildman–Crippen MR) is 75.0 cm³/mol. The van der Waals surface area contributed by atoms with E-state index in [1.807, 2.05) is 38.1 Å². The molecule has 0 aliphatic carbocycles. The number of benzene rings is 1. The number of aliphatic hydroxyl groups is 1. The topological polar surface area (TPSA) is 59.2 Å². The minimum atomic E-state index is -0.426. The van der Waals surface area contributed by atoms with E-state index in [9.17, 15) is 5.11 Å². The zero-order valence-electron chi connectivity index (χ0n) is 11.3. The lowest BCUT2D eigenvalue weighted by Crippen LogP contribution is -1.90. The van der Waals surface area contributed by atoms with Crippen molar-refractivity contribution in [2.75, 3.05) is 0 Å². The quantitative estimate of drug-likeness (QED) is 0.848. The van der Waals surface area contributed by atoms with Crippen molar-refractivity contribution in [3.63, 3.8) is 0 Å². The lowest BCUT2D eigenvalue weighted by Gasteiger charge is -2.05. The molecule has 19 heavy (non-hydrogen) atoms. The van der Waals surface area contributed by atoms with Crippen molar-refractivity contribution >= 4 is 11.8 Å². The number of aromatic nitrogens is 2. The van der Waals surface area contributed by atoms with Gasteiger partial charge in [-0.05, 0) is 24.6 Å². The molecule has 2 rings (SSSR count). The monoisotopic (exact) mass is 278 g/mol. The molecule has 0 spiro atoms. The Morgan fingerprint density at radius 2 is 1.89 bits per heavy atom. The first-order valence-corrected chi connectivity index (χ1v) is 7.28. The molecule has 102 valence electrons. The van der Waals surface area contributed by atoms with Gasteiger partial charge in [-0.25, -0.2) is 0 Å². The van der Waals surface area contributed by atoms with Crippen LogP contribution in [0.5, 0.6) is 0 Å². The fraction of sp³-hybridized carbons (Fsp3) is 0.429. The second kappa shape index (κ2) is 6.21. The van der Waals surface area contributed by atoms with Crippen molar-refractivity contribution < 1.29 is 9.63 Å². The van der Waals surface area contributed by atoms with E-state index in [1.165, 1.54) is 0 Å². The van der Waals surface area contributed by atoms with Gasteiger partial charge < -0.3 is 9.63 Å². The maximum Gasteiger partial charge on any atom is 0.229 e. The summed E-state index contributed by atoms with van der Waals surface area (Å²) in [4.78, 5) is 5.46. The standard InChI is InChI=1S/C14H18N2O2S/c1-9(2)14-15-13(16-18-14)8-19-12-6-4-11(5-7-12)10(3)17/h4-7,9-10,17H,8H2,1-3H3. The molecule has 0 fully saturated rings. The van der Waals surface area contributed by atoms with Crippen LogP contribution in [0.2, 0.25) is 0 Å². The zero-order valence-corrected chi connectivity index (χ0v) is 12.1. The summed E-state index contributed by atoms with van der Waals surface area (Å²) in [6.07, 6.45) is -0.426. The van der Waals surface area contributed by atoms with Crippen molar-refractivity contribution in [1.82, 2.24) is 10.1 Å². The largest absolute Gasteiger partial charge is 0.389 e. The highest BCUT2D eigenvalue weighted by atomic mass is 32.2. The maximum absolute atomic E-state index is 9.44. The molecule has 2 aromatic rings. The van der Waals surface area contributed by atoms with E-state index in [0.717, 1.165) is 10.5 Å². The van der Waals surface area contributed by atoms with Gasteiger partial charge in [0.1, 0.15) is 0 Å². The van der Waals surface area contributed by atoms with Crippen LogP contribution in [0.3, 0.4) is 0 Å². The first kappa shape index (κ1) is 14.1. The molecular formula is C14H18N2O2S. The van der Waals surface area contributed by atoms with Gasteiger partial charge in [-0.3, -0.25) is 0 Å². The summed E-state index contributed by atoms with van der Waals surface area (Å²) in [7, 11) is 0. The number of hydrogen-bond donors (Lipinski definition) is 1. The summed E-state index contributed by atoms with van der Waals surface area (Å²) < 4.78 is 5.16. The van der Waals surface area contributed by atoms with Crippen LogP contribution in [0.1, 0.15) is 50.1 Å². The fourth-order valence-electron chi connectivity index (χ4n) is 1.55. The van der Waals surface area contributed by atoms with E-state index in [4.69, 9.17) is 4.52 Å². The number of hydrogen-bond acceptors (Lipinski definition) is 5. The second-order valence-corrected chi connectivity index (χ2v) is 5.79. The highest BCUT2D eigenvalue weighted by molar-refractivity contribution is 7.98. The van der Waals surface area contributed by atoms with Crippen molar-refractivity contribution in [1.29, 1.82) is 0 Å². The Labute approximate surface area is 117 Å². The van der Waals surface area contributed by atoms with Crippen LogP contribution in [-0.4, -0.2) is 15.2 Å². The van der Waals surface area contributed by atoms with Gasteiger partial charge in [-0.2, -0.15) is 4.98 Å². The number of rotatable bonds is 5. The zero-order chi connectivity index (χ0) is 13.8. The summed E-state index contributed by atoms with van der Waals surface area (Å²) in [5.74, 6) is 2.34. The average Bonchev–Trinajstić information content (AvgIpc) is 2.86. The van der Waals surface area contributed by atoms with Gasteiger partial charge in [0.05, 0.1) is 11.9 Å². The van der Waals surface area contributed by atoms with Gasteiger partial charge in [0.15, 0.2) is 5.82 Å². The first-order valence-electron chi connectivity index (χ1n) is 6.29. The van der Waals surface area contributed by atoms with Gasteiger partial charge in [0.2, 0.25) is 5.89 Å². The molecule has 1 aromatic heterocycles. The van der Waals surface area contributed by atoms with Crippen LogP contribution in [-0.2, 0) is 5.75 Å². The number of nitrogens with zero attached hydrogens (tertiary/aromatic N) is 2. The van der Waals surface area contributed by atoms with Crippen molar-refractivity contribution in [2.45, 2.75) is 43.4 Å². The molecule has 0 amide bonds. The molecule has 1 unspecified atom stereocenters. The number of aliphatic hydroxyl groups excluding tert-OH is 1. The van der Waals surface area contributed by atoms with E-state index in [0.29, 0.717) is 17.5 Å². The molecule has 1 atom stereocenters. The Morgan fingerprint density at radius 1 is 1.21 bits per heavy atom. The number of thioether (sulfide) groups is 1. The van der Waals surface area contributed by atoms with Gasteiger partial charge in [0.25, 0.3) is 0 Å². The van der Waals surface area contributed by atoms with Crippen LogP contribution in [0.4, 0.5) is 0 Å². The van der Waals surface area contributed by atoms with Crippen LogP contribution < -0.4 is 0 Å². The third-order valence-electron chi connectivity index (χ3n) is 2.71. The van der Waals surface area contributed by atoms with Crippen molar-refractivity contribution in [3.8, 4) is 0 Å². The Balaban J connectivity index is 1.94. The van der Waals surface area contributed by atoms with Gasteiger partial charge in [-0.15, -0.1) is 11.8 Å². The summed E-state index contributed by atoms with van der Waals surface area (Å²) in [6, 6.07) is 7.86. The van der Waals surface area contributed by atoms with Gasteiger partial charge >= 0.3 is 0 Å². The maximum atomic E-state index is 9.44. The first-order chi connectivity index (χ1) is 9.06. The molecule has 5 heteroatoms. The molecule has 1 N–H and O–H groups in total. The summed E-state index contributed by atoms with van der Waals surface area (Å²) in [5.41, 5.74) is 0.922. The Morgan fingerprint density at radius 3 is 2.42 bits per heavy atom. The van der Waals surface area contributed by atoms with Gasteiger partial charge in [0, 0.05) is 10.8 Å². The Hall–Kier alpha value is -1.33. The minimum absolute atomic E-state index is 0.261. The Kier molecular flexibility index (Phi) is 4.61. The molecular weight excluding hydrogens is 260 g/mol. The summed E-state index contributed by atoms with van der Waals surface area (Å²) >= 11 is 1.65. The third kappa shape index (κ3) is 3.81. The van der Waals surface area contributed by atoms with Crippen molar-refractivity contribution in [3.05, 3.63) is 41.5 Å². The molecule has 0 saturated carbocycles. The third-order valence-corrected chi connectivity index (χ3v) is 3.72. The minimum Gasteiger partial charge on any atom is -0.389 e. The normalized spacial score (nSPS) is 12.9. The van der Waals surface area contributed by atoms with E-state index in [-0.39, 0.29) is 5.92 Å². The lowest BCUT2D eigenvalue weighted by atomic mass is 10.1. The van der Waals surface area contributed by atoms with Gasteiger partial charge in [-0.1, -0.05) is 31.1 Å². The summed E-state index contributed by atoms with van der Waals surface area (Å²) in [6.45, 7) is 5.81. The molecule has 0 saturated heterocycles. The van der Waals surface area contributed by atoms with Crippen LogP contribution >= 0.6 is 11.8 Å². The fourth-order valence-corrected chi connectivity index (χ4v) is 2.29. The molecule has 0 bridgehead atoms. The van der Waals surface area contributed by atoms with Crippen LogP contribution in [0.25, 0.3) is 0 Å². The average molecular weight is 278 g/mol. The molecule has 4 nitrogen and oxygen atoms in total. The van der Waals surface area contributed by atoms with Crippen molar-refractivity contribution in [2.24, 2.45) is 0 Å².